The van der Waals surface area contributed by atoms with Gasteiger partial charge in [0.1, 0.15) is 5.75 Å². The number of anilines is 1. The SMILES string of the molecule is COc1ccccc1N1CCN(C(=O)C(C)(C)Cc2cc(C)cc(C)c2C(=O)O)CC1. The lowest BCUT2D eigenvalue weighted by molar-refractivity contribution is -0.140. The summed E-state index contributed by atoms with van der Waals surface area (Å²) in [5, 5.41) is 9.69. The highest BCUT2D eigenvalue weighted by atomic mass is 16.5. The average molecular weight is 425 g/mol. The number of nitrogens with zero attached hydrogens (tertiary/aromatic N) is 2. The van der Waals surface area contributed by atoms with Gasteiger partial charge < -0.3 is 19.6 Å². The summed E-state index contributed by atoms with van der Waals surface area (Å²) in [6, 6.07) is 11.7. The second-order valence-corrected chi connectivity index (χ2v) is 8.93. The van der Waals surface area contributed by atoms with E-state index in [0.29, 0.717) is 25.1 Å². The molecule has 6 heteroatoms. The Morgan fingerprint density at radius 2 is 1.71 bits per heavy atom. The van der Waals surface area contributed by atoms with Gasteiger partial charge >= 0.3 is 5.97 Å². The molecule has 0 unspecified atom stereocenters. The van der Waals surface area contributed by atoms with Crippen molar-refractivity contribution in [1.82, 2.24) is 4.90 Å². The van der Waals surface area contributed by atoms with E-state index in [9.17, 15) is 14.7 Å². The van der Waals surface area contributed by atoms with Gasteiger partial charge in [0.2, 0.25) is 5.91 Å². The lowest BCUT2D eigenvalue weighted by atomic mass is 9.81. The van der Waals surface area contributed by atoms with E-state index in [2.05, 4.69) is 4.90 Å². The third-order valence-electron chi connectivity index (χ3n) is 5.98. The standard InChI is InChI=1S/C25H32N2O4/c1-17-14-18(2)22(23(28)29)19(15-17)16-25(3,4)24(30)27-12-10-26(11-13-27)20-8-6-7-9-21(20)31-5/h6-9,14-15H,10-13,16H2,1-5H3,(H,28,29). The summed E-state index contributed by atoms with van der Waals surface area (Å²) in [6.07, 6.45) is 0.392. The Hall–Kier alpha value is -3.02. The van der Waals surface area contributed by atoms with Crippen LogP contribution in [0.2, 0.25) is 0 Å². The molecule has 1 fully saturated rings. The van der Waals surface area contributed by atoms with Gasteiger partial charge in [-0.05, 0) is 43.5 Å². The molecule has 0 spiro atoms. The van der Waals surface area contributed by atoms with Crippen molar-refractivity contribution in [2.45, 2.75) is 34.1 Å². The number of aryl methyl sites for hydroxylation is 2. The van der Waals surface area contributed by atoms with E-state index in [4.69, 9.17) is 4.74 Å². The van der Waals surface area contributed by atoms with Gasteiger partial charge in [0.05, 0.1) is 18.4 Å². The summed E-state index contributed by atoms with van der Waals surface area (Å²) in [7, 11) is 1.67. The number of aromatic carboxylic acids is 1. The molecule has 0 atom stereocenters. The van der Waals surface area contributed by atoms with E-state index < -0.39 is 11.4 Å². The fourth-order valence-corrected chi connectivity index (χ4v) is 4.52. The van der Waals surface area contributed by atoms with Crippen molar-refractivity contribution >= 4 is 17.6 Å². The molecule has 0 aromatic heterocycles. The van der Waals surface area contributed by atoms with Crippen molar-refractivity contribution in [2.75, 3.05) is 38.2 Å². The first kappa shape index (κ1) is 22.7. The minimum Gasteiger partial charge on any atom is -0.495 e. The summed E-state index contributed by atoms with van der Waals surface area (Å²) in [6.45, 7) is 10.3. The van der Waals surface area contributed by atoms with Gasteiger partial charge in [-0.25, -0.2) is 4.79 Å². The van der Waals surface area contributed by atoms with Crippen LogP contribution in [-0.4, -0.2) is 55.2 Å². The Kier molecular flexibility index (Phi) is 6.58. The Balaban J connectivity index is 1.73. The van der Waals surface area contributed by atoms with E-state index in [1.165, 1.54) is 0 Å². The first-order valence-electron chi connectivity index (χ1n) is 10.6. The number of para-hydroxylation sites is 2. The molecule has 0 bridgehead atoms. The van der Waals surface area contributed by atoms with Crippen molar-refractivity contribution < 1.29 is 19.4 Å². The minimum absolute atomic E-state index is 0.0580. The maximum Gasteiger partial charge on any atom is 0.336 e. The molecule has 166 valence electrons. The number of rotatable bonds is 6. The number of benzene rings is 2. The van der Waals surface area contributed by atoms with Crippen LogP contribution >= 0.6 is 0 Å². The largest absolute Gasteiger partial charge is 0.495 e. The predicted octanol–water partition coefficient (Wildman–Crippen LogP) is 3.93. The van der Waals surface area contributed by atoms with E-state index in [-0.39, 0.29) is 5.91 Å². The number of carbonyl (C=O) groups excluding carboxylic acids is 1. The molecule has 6 nitrogen and oxygen atoms in total. The summed E-state index contributed by atoms with van der Waals surface area (Å²) in [5.41, 5.74) is 3.11. The van der Waals surface area contributed by atoms with E-state index in [0.717, 1.165) is 41.2 Å². The van der Waals surface area contributed by atoms with Crippen molar-refractivity contribution in [3.63, 3.8) is 0 Å². The average Bonchev–Trinajstić information content (AvgIpc) is 2.72. The van der Waals surface area contributed by atoms with Crippen molar-refractivity contribution in [1.29, 1.82) is 0 Å². The van der Waals surface area contributed by atoms with Gasteiger partial charge in [-0.15, -0.1) is 0 Å². The van der Waals surface area contributed by atoms with Crippen molar-refractivity contribution in [3.05, 3.63) is 58.7 Å². The van der Waals surface area contributed by atoms with E-state index in [1.807, 2.05) is 69.0 Å². The number of hydrogen-bond donors (Lipinski definition) is 1. The molecule has 0 saturated carbocycles. The van der Waals surface area contributed by atoms with Gasteiger partial charge in [0.15, 0.2) is 0 Å². The molecular weight excluding hydrogens is 392 g/mol. The molecule has 3 rings (SSSR count). The zero-order chi connectivity index (χ0) is 22.8. The molecular formula is C25H32N2O4. The van der Waals surface area contributed by atoms with Gasteiger partial charge in [-0.1, -0.05) is 43.7 Å². The lowest BCUT2D eigenvalue weighted by Gasteiger charge is -2.40. The fraction of sp³-hybridized carbons (Fsp3) is 0.440. The highest BCUT2D eigenvalue weighted by Crippen LogP contribution is 2.31. The molecule has 1 amide bonds. The van der Waals surface area contributed by atoms with Crippen LogP contribution in [-0.2, 0) is 11.2 Å². The maximum absolute atomic E-state index is 13.4. The smallest absolute Gasteiger partial charge is 0.336 e. The molecule has 1 saturated heterocycles. The third-order valence-corrected chi connectivity index (χ3v) is 5.98. The molecule has 1 aliphatic rings. The second-order valence-electron chi connectivity index (χ2n) is 8.93. The summed E-state index contributed by atoms with van der Waals surface area (Å²) < 4.78 is 5.47. The molecule has 31 heavy (non-hydrogen) atoms. The van der Waals surface area contributed by atoms with Gasteiger partial charge in [-0.3, -0.25) is 4.79 Å². The Bertz CT molecular complexity index is 975. The highest BCUT2D eigenvalue weighted by Gasteiger charge is 2.35. The Labute approximate surface area is 184 Å². The number of hydrogen-bond acceptors (Lipinski definition) is 4. The first-order valence-corrected chi connectivity index (χ1v) is 10.6. The number of amides is 1. The van der Waals surface area contributed by atoms with Crippen LogP contribution in [0.4, 0.5) is 5.69 Å². The molecule has 1 aliphatic heterocycles. The van der Waals surface area contributed by atoms with Crippen LogP contribution in [0.15, 0.2) is 36.4 Å². The number of carboxylic acids is 1. The first-order chi connectivity index (χ1) is 14.6. The summed E-state index contributed by atoms with van der Waals surface area (Å²) in [4.78, 5) is 29.3. The third kappa shape index (κ3) is 4.84. The van der Waals surface area contributed by atoms with E-state index in [1.54, 1.807) is 7.11 Å². The lowest BCUT2D eigenvalue weighted by Crippen LogP contribution is -2.52. The van der Waals surface area contributed by atoms with Crippen LogP contribution in [0.1, 0.15) is 40.9 Å². The Morgan fingerprint density at radius 1 is 1.06 bits per heavy atom. The van der Waals surface area contributed by atoms with Crippen molar-refractivity contribution in [2.24, 2.45) is 5.41 Å². The van der Waals surface area contributed by atoms with Gasteiger partial charge in [0, 0.05) is 31.6 Å². The van der Waals surface area contributed by atoms with Crippen LogP contribution in [0.3, 0.4) is 0 Å². The fourth-order valence-electron chi connectivity index (χ4n) is 4.52. The number of carboxylic acid groups (broad SMARTS) is 1. The summed E-state index contributed by atoms with van der Waals surface area (Å²) in [5.74, 6) is -0.0533. The van der Waals surface area contributed by atoms with Crippen LogP contribution in [0, 0.1) is 19.3 Å². The monoisotopic (exact) mass is 424 g/mol. The van der Waals surface area contributed by atoms with Crippen LogP contribution in [0.25, 0.3) is 0 Å². The number of carbonyl (C=O) groups is 2. The number of ether oxygens (including phenoxy) is 1. The number of methoxy groups -OCH3 is 1. The minimum atomic E-state index is -0.943. The highest BCUT2D eigenvalue weighted by molar-refractivity contribution is 5.92. The van der Waals surface area contributed by atoms with Gasteiger partial charge in [-0.2, -0.15) is 0 Å². The van der Waals surface area contributed by atoms with Crippen LogP contribution < -0.4 is 9.64 Å². The zero-order valence-electron chi connectivity index (χ0n) is 19.1. The second kappa shape index (κ2) is 9.00. The molecule has 0 aliphatic carbocycles. The van der Waals surface area contributed by atoms with Gasteiger partial charge in [0.25, 0.3) is 0 Å². The molecule has 1 heterocycles. The molecule has 0 radical (unpaired) electrons. The molecule has 2 aromatic rings. The number of piperazine rings is 1. The Morgan fingerprint density at radius 3 is 2.32 bits per heavy atom. The molecule has 1 N–H and O–H groups in total. The maximum atomic E-state index is 13.4. The normalized spacial score (nSPS) is 14.5. The summed E-state index contributed by atoms with van der Waals surface area (Å²) >= 11 is 0. The molecule has 2 aromatic carbocycles. The van der Waals surface area contributed by atoms with Crippen molar-refractivity contribution in [3.8, 4) is 5.75 Å². The zero-order valence-corrected chi connectivity index (χ0v) is 19.1. The van der Waals surface area contributed by atoms with Crippen LogP contribution in [0.5, 0.6) is 5.75 Å². The topological polar surface area (TPSA) is 70.1 Å². The van der Waals surface area contributed by atoms with E-state index >= 15 is 0 Å². The quantitative estimate of drug-likeness (QED) is 0.761. The predicted molar refractivity (Wildman–Crippen MR) is 122 cm³/mol.